The van der Waals surface area contributed by atoms with E-state index < -0.39 is 17.5 Å². The van der Waals surface area contributed by atoms with E-state index in [1.165, 1.54) is 6.07 Å². The number of hydrogen-bond acceptors (Lipinski definition) is 5. The van der Waals surface area contributed by atoms with Gasteiger partial charge in [0, 0.05) is 35.6 Å². The van der Waals surface area contributed by atoms with Crippen molar-refractivity contribution >= 4 is 21.8 Å². The number of ether oxygens (including phenoxy) is 1. The summed E-state index contributed by atoms with van der Waals surface area (Å²) < 4.78 is 45.6. The lowest BCUT2D eigenvalue weighted by Gasteiger charge is -2.22. The molecule has 4 aromatic rings. The summed E-state index contributed by atoms with van der Waals surface area (Å²) in [5.41, 5.74) is 3.91. The van der Waals surface area contributed by atoms with Crippen LogP contribution >= 0.6 is 0 Å². The molecule has 2 aromatic carbocycles. The molecule has 36 heavy (non-hydrogen) atoms. The minimum atomic E-state index is -4.52. The number of pyridine rings is 2. The third-order valence-corrected chi connectivity index (χ3v) is 5.82. The maximum absolute atomic E-state index is 13.3. The number of aliphatic hydroxyl groups is 2. The third-order valence-electron chi connectivity index (χ3n) is 5.82. The van der Waals surface area contributed by atoms with Crippen LogP contribution in [0, 0.1) is 6.92 Å². The highest BCUT2D eigenvalue weighted by molar-refractivity contribution is 6.07. The summed E-state index contributed by atoms with van der Waals surface area (Å²) in [6.07, 6.45) is -1.63. The van der Waals surface area contributed by atoms with Crippen LogP contribution in [0.1, 0.15) is 43.2 Å². The molecule has 3 heterocycles. The minimum absolute atomic E-state index is 0.0782. The molecule has 0 fully saturated rings. The van der Waals surface area contributed by atoms with E-state index in [2.05, 4.69) is 9.97 Å². The zero-order chi connectivity index (χ0) is 26.3. The van der Waals surface area contributed by atoms with Gasteiger partial charge in [0.05, 0.1) is 23.2 Å². The number of fused-ring (bicyclic) bond motifs is 1. The van der Waals surface area contributed by atoms with E-state index in [9.17, 15) is 18.3 Å². The molecule has 0 aliphatic carbocycles. The average Bonchev–Trinajstić information content (AvgIpc) is 2.79. The van der Waals surface area contributed by atoms with E-state index in [4.69, 9.17) is 9.84 Å². The van der Waals surface area contributed by atoms with Gasteiger partial charge in [0.25, 0.3) is 0 Å². The van der Waals surface area contributed by atoms with Crippen molar-refractivity contribution in [1.29, 1.82) is 0 Å². The number of rotatable bonds is 3. The zero-order valence-corrected chi connectivity index (χ0v) is 20.7. The Hall–Kier alpha value is -3.23. The number of alkyl halides is 3. The fraction of sp³-hybridized carbons (Fsp3) is 0.357. The van der Waals surface area contributed by atoms with Crippen LogP contribution in [0.15, 0.2) is 42.6 Å². The molecule has 0 saturated heterocycles. The lowest BCUT2D eigenvalue weighted by atomic mass is 9.88. The summed E-state index contributed by atoms with van der Waals surface area (Å²) in [5.74, 6) is 0.756. The summed E-state index contributed by atoms with van der Waals surface area (Å²) >= 11 is 0. The quantitative estimate of drug-likeness (QED) is 0.361. The number of halogens is 3. The summed E-state index contributed by atoms with van der Waals surface area (Å²) in [6, 6.07) is 9.88. The molecule has 8 heteroatoms. The Morgan fingerprint density at radius 3 is 2.44 bits per heavy atom. The van der Waals surface area contributed by atoms with Gasteiger partial charge >= 0.3 is 6.18 Å². The topological polar surface area (TPSA) is 75.5 Å². The third kappa shape index (κ3) is 5.29. The van der Waals surface area contributed by atoms with E-state index in [1.54, 1.807) is 33.0 Å². The number of aryl methyl sites for hydroxylation is 1. The van der Waals surface area contributed by atoms with Crippen molar-refractivity contribution in [2.75, 3.05) is 13.2 Å². The highest BCUT2D eigenvalue weighted by Crippen LogP contribution is 2.42. The predicted molar refractivity (Wildman–Crippen MR) is 134 cm³/mol. The van der Waals surface area contributed by atoms with E-state index in [1.807, 2.05) is 25.1 Å². The first kappa shape index (κ1) is 25.9. The van der Waals surface area contributed by atoms with Gasteiger partial charge in [0.2, 0.25) is 0 Å². The molecule has 2 aromatic heterocycles. The van der Waals surface area contributed by atoms with Crippen molar-refractivity contribution in [1.82, 2.24) is 9.97 Å². The van der Waals surface area contributed by atoms with Crippen molar-refractivity contribution in [2.45, 2.75) is 52.3 Å². The standard InChI is InChI=1S/C24H19F3N2O2.C4H10O/c1-13-12-18-16(3-5-20(29-18)24(25,26)27)22(15(13)7-10-30)17-2-4-19-21-14(8-11-31-19)6-9-28-23(17)21;1-4(2,3)5/h2-6,9,12,30H,7-8,10-11H2,1H3;5H,1-3H3. The average molecular weight is 499 g/mol. The molecule has 0 atom stereocenters. The molecule has 0 saturated carbocycles. The van der Waals surface area contributed by atoms with Gasteiger partial charge in [-0.1, -0.05) is 6.07 Å². The lowest BCUT2D eigenvalue weighted by molar-refractivity contribution is -0.140. The second-order valence-corrected chi connectivity index (χ2v) is 9.86. The van der Waals surface area contributed by atoms with Crippen molar-refractivity contribution < 1.29 is 28.1 Å². The highest BCUT2D eigenvalue weighted by atomic mass is 19.4. The Morgan fingerprint density at radius 1 is 1.06 bits per heavy atom. The SMILES string of the molecule is CC(C)(C)O.Cc1cc2nc(C(F)(F)F)ccc2c(-c2ccc3c4c(ccnc24)CCO3)c1CCO. The van der Waals surface area contributed by atoms with Crippen LogP contribution in [0.5, 0.6) is 5.75 Å². The number of aliphatic hydroxyl groups excluding tert-OH is 1. The smallest absolute Gasteiger partial charge is 0.433 e. The van der Waals surface area contributed by atoms with Gasteiger partial charge in [-0.3, -0.25) is 4.98 Å². The first-order chi connectivity index (χ1) is 16.9. The summed E-state index contributed by atoms with van der Waals surface area (Å²) in [4.78, 5) is 8.52. The number of nitrogens with zero attached hydrogens (tertiary/aromatic N) is 2. The lowest BCUT2D eigenvalue weighted by Crippen LogP contribution is -2.10. The van der Waals surface area contributed by atoms with Gasteiger partial charge in [0.15, 0.2) is 0 Å². The van der Waals surface area contributed by atoms with Crippen molar-refractivity contribution in [3.63, 3.8) is 0 Å². The Balaban J connectivity index is 0.000000556. The van der Waals surface area contributed by atoms with Crippen LogP contribution in [-0.2, 0) is 19.0 Å². The molecule has 0 spiro atoms. The van der Waals surface area contributed by atoms with Crippen LogP contribution in [0.3, 0.4) is 0 Å². The van der Waals surface area contributed by atoms with E-state index in [0.717, 1.165) is 57.0 Å². The molecule has 1 aliphatic rings. The number of hydrogen-bond donors (Lipinski definition) is 2. The van der Waals surface area contributed by atoms with Crippen LogP contribution in [0.4, 0.5) is 13.2 Å². The van der Waals surface area contributed by atoms with E-state index in [0.29, 0.717) is 18.4 Å². The van der Waals surface area contributed by atoms with Crippen LogP contribution in [0.25, 0.3) is 32.9 Å². The molecular weight excluding hydrogens is 469 g/mol. The molecule has 5 nitrogen and oxygen atoms in total. The minimum Gasteiger partial charge on any atom is -0.493 e. The van der Waals surface area contributed by atoms with Gasteiger partial charge in [-0.25, -0.2) is 4.98 Å². The number of aromatic nitrogens is 2. The van der Waals surface area contributed by atoms with Crippen molar-refractivity contribution in [2.24, 2.45) is 0 Å². The van der Waals surface area contributed by atoms with Gasteiger partial charge < -0.3 is 14.9 Å². The maximum Gasteiger partial charge on any atom is 0.433 e. The Labute approximate surface area is 207 Å². The number of benzene rings is 2. The van der Waals surface area contributed by atoms with Gasteiger partial charge in [-0.2, -0.15) is 13.2 Å². The largest absolute Gasteiger partial charge is 0.493 e. The van der Waals surface area contributed by atoms with Crippen molar-refractivity contribution in [3.05, 3.63) is 65.0 Å². The molecule has 0 unspecified atom stereocenters. The molecule has 1 aliphatic heterocycles. The first-order valence-electron chi connectivity index (χ1n) is 11.8. The van der Waals surface area contributed by atoms with Crippen LogP contribution < -0.4 is 4.74 Å². The summed E-state index contributed by atoms with van der Waals surface area (Å²) in [6.45, 7) is 7.58. The molecular formula is C28H29F3N2O3. The molecule has 2 N–H and O–H groups in total. The second kappa shape index (κ2) is 9.67. The fourth-order valence-corrected chi connectivity index (χ4v) is 4.45. The second-order valence-electron chi connectivity index (χ2n) is 9.86. The van der Waals surface area contributed by atoms with Crippen LogP contribution in [-0.4, -0.2) is 39.0 Å². The molecule has 0 radical (unpaired) electrons. The summed E-state index contributed by atoms with van der Waals surface area (Å²) in [5, 5.41) is 19.7. The van der Waals surface area contributed by atoms with Gasteiger partial charge in [-0.15, -0.1) is 0 Å². The maximum atomic E-state index is 13.3. The highest BCUT2D eigenvalue weighted by Gasteiger charge is 2.33. The predicted octanol–water partition coefficient (Wildman–Crippen LogP) is 6.02. The van der Waals surface area contributed by atoms with E-state index >= 15 is 0 Å². The molecule has 190 valence electrons. The summed E-state index contributed by atoms with van der Waals surface area (Å²) in [7, 11) is 0. The monoisotopic (exact) mass is 498 g/mol. The normalized spacial score (nSPS) is 13.4. The zero-order valence-electron chi connectivity index (χ0n) is 20.7. The fourth-order valence-electron chi connectivity index (χ4n) is 4.45. The molecule has 5 rings (SSSR count). The molecule has 0 bridgehead atoms. The Morgan fingerprint density at radius 2 is 1.78 bits per heavy atom. The Kier molecular flexibility index (Phi) is 6.94. The molecule has 0 amide bonds. The van der Waals surface area contributed by atoms with Crippen molar-refractivity contribution in [3.8, 4) is 16.9 Å². The van der Waals surface area contributed by atoms with E-state index in [-0.39, 0.29) is 12.1 Å². The van der Waals surface area contributed by atoms with Gasteiger partial charge in [0.1, 0.15) is 11.4 Å². The van der Waals surface area contributed by atoms with Crippen LogP contribution in [0.2, 0.25) is 0 Å². The van der Waals surface area contributed by atoms with Gasteiger partial charge in [-0.05, 0) is 86.7 Å². The Bertz CT molecular complexity index is 1410. The first-order valence-corrected chi connectivity index (χ1v) is 11.8.